The normalized spacial score (nSPS) is 12.4. The highest BCUT2D eigenvalue weighted by Crippen LogP contribution is 2.50. The van der Waals surface area contributed by atoms with Crippen molar-refractivity contribution in [1.82, 2.24) is 38.6 Å². The maximum absolute atomic E-state index is 5.23. The van der Waals surface area contributed by atoms with E-state index >= 15 is 0 Å². The van der Waals surface area contributed by atoms with E-state index in [1.807, 2.05) is 47.9 Å². The summed E-state index contributed by atoms with van der Waals surface area (Å²) in [5.41, 5.74) is 26.4. The first kappa shape index (κ1) is 63.5. The lowest BCUT2D eigenvalue weighted by molar-refractivity contribution is 0.660. The van der Waals surface area contributed by atoms with Crippen molar-refractivity contribution in [1.29, 1.82) is 0 Å². The third kappa shape index (κ3) is 10.7. The Bertz CT molecular complexity index is 7210. The van der Waals surface area contributed by atoms with Crippen molar-refractivity contribution in [3.8, 4) is 107 Å². The second kappa shape index (κ2) is 25.7. The van der Waals surface area contributed by atoms with Gasteiger partial charge in [0.25, 0.3) is 0 Å². The van der Waals surface area contributed by atoms with Crippen molar-refractivity contribution >= 4 is 96.9 Å². The molecular formula is C100H66N8S. The Morgan fingerprint density at radius 3 is 1.39 bits per heavy atom. The van der Waals surface area contributed by atoms with E-state index in [1.54, 1.807) is 0 Å². The monoisotopic (exact) mass is 1410 g/mol. The highest BCUT2D eigenvalue weighted by molar-refractivity contribution is 7.26. The number of benzene rings is 15. The first-order chi connectivity index (χ1) is 53.8. The zero-order valence-corrected chi connectivity index (χ0v) is 60.4. The Morgan fingerprint density at radius 2 is 0.697 bits per heavy atom. The fourth-order valence-corrected chi connectivity index (χ4v) is 18.1. The van der Waals surface area contributed by atoms with Gasteiger partial charge in [-0.25, -0.2) is 15.0 Å². The zero-order chi connectivity index (χ0) is 72.3. The number of rotatable bonds is 10. The molecule has 0 atom stereocenters. The summed E-state index contributed by atoms with van der Waals surface area (Å²) in [6, 6.07) is 128. The second-order valence-corrected chi connectivity index (χ2v) is 29.8. The molecule has 0 spiro atoms. The average Bonchev–Trinajstić information content (AvgIpc) is 1.60. The van der Waals surface area contributed by atoms with E-state index in [0.29, 0.717) is 23.5 Å². The number of fused-ring (bicyclic) bond motifs is 15. The average molecular weight is 1410 g/mol. The molecule has 0 fully saturated rings. The molecule has 9 heteroatoms. The molecule has 109 heavy (non-hydrogen) atoms. The molecule has 6 aromatic heterocycles. The van der Waals surface area contributed by atoms with Gasteiger partial charge in [0, 0.05) is 86.5 Å². The Labute approximate surface area is 633 Å². The third-order valence-electron chi connectivity index (χ3n) is 22.1. The molecule has 1 aliphatic rings. The lowest BCUT2D eigenvalue weighted by atomic mass is 9.81. The summed E-state index contributed by atoms with van der Waals surface area (Å²) >= 11 is 1.87. The van der Waals surface area contributed by atoms with E-state index in [4.69, 9.17) is 24.9 Å². The Kier molecular flexibility index (Phi) is 14.9. The maximum Gasteiger partial charge on any atom is 0.238 e. The summed E-state index contributed by atoms with van der Waals surface area (Å²) in [6.45, 7) is 4.67. The van der Waals surface area contributed by atoms with E-state index in [2.05, 4.69) is 355 Å². The molecule has 0 saturated heterocycles. The topological polar surface area (TPSA) is 79.2 Å². The van der Waals surface area contributed by atoms with Gasteiger partial charge in [0.05, 0.1) is 38.8 Å². The van der Waals surface area contributed by atoms with Crippen LogP contribution in [0.2, 0.25) is 0 Å². The van der Waals surface area contributed by atoms with Gasteiger partial charge in [0.15, 0.2) is 11.6 Å². The van der Waals surface area contributed by atoms with Crippen LogP contribution in [0.15, 0.2) is 364 Å². The van der Waals surface area contributed by atoms with Crippen LogP contribution in [-0.2, 0) is 5.41 Å². The third-order valence-corrected chi connectivity index (χ3v) is 23.3. The van der Waals surface area contributed by atoms with Crippen LogP contribution < -0.4 is 0 Å². The number of hydrogen-bond donors (Lipinski definition) is 0. The van der Waals surface area contributed by atoms with Gasteiger partial charge >= 0.3 is 0 Å². The number of nitrogens with zero attached hydrogens (tertiary/aromatic N) is 8. The molecule has 0 amide bonds. The van der Waals surface area contributed by atoms with Crippen molar-refractivity contribution in [2.45, 2.75) is 19.3 Å². The summed E-state index contributed by atoms with van der Waals surface area (Å²) in [6.07, 6.45) is 1.89. The van der Waals surface area contributed by atoms with Crippen LogP contribution in [-0.4, -0.2) is 38.6 Å². The summed E-state index contributed by atoms with van der Waals surface area (Å²) in [7, 11) is 0. The van der Waals surface area contributed by atoms with Gasteiger partial charge < -0.3 is 4.57 Å². The minimum absolute atomic E-state index is 0.0455. The van der Waals surface area contributed by atoms with Crippen molar-refractivity contribution < 1.29 is 0 Å². The van der Waals surface area contributed by atoms with Crippen LogP contribution in [0.3, 0.4) is 0 Å². The lowest BCUT2D eigenvalue weighted by Crippen LogP contribution is -2.14. The van der Waals surface area contributed by atoms with Gasteiger partial charge in [-0.2, -0.15) is 9.97 Å². The predicted octanol–water partition coefficient (Wildman–Crippen LogP) is 26.0. The summed E-state index contributed by atoms with van der Waals surface area (Å²) in [5.74, 6) is 2.49. The molecular weight excluding hydrogens is 1350 g/mol. The second-order valence-electron chi connectivity index (χ2n) is 28.7. The van der Waals surface area contributed by atoms with Gasteiger partial charge in [-0.3, -0.25) is 9.13 Å². The Morgan fingerprint density at radius 1 is 0.257 bits per heavy atom. The molecule has 0 unspecified atom stereocenters. The number of thiophene rings is 1. The van der Waals surface area contributed by atoms with Gasteiger partial charge in [0.1, 0.15) is 0 Å². The van der Waals surface area contributed by atoms with E-state index in [1.165, 1.54) is 103 Å². The molecule has 0 aliphatic heterocycles. The molecule has 6 heterocycles. The minimum atomic E-state index is -0.0455. The summed E-state index contributed by atoms with van der Waals surface area (Å²) in [5, 5.41) is 9.74. The Balaban J connectivity index is 0.000000139. The van der Waals surface area contributed by atoms with Crippen LogP contribution in [0.5, 0.6) is 0 Å². The SMILES string of the molecule is CC1(C)c2ccccc2-c2ccc(-c3cccc(-c4ccnc(-n5c6ccccc6c6cc(-c7cccc8c7sc7ccccc78)ccc65)n4)c3)cc21.c1ccc(-c2cccc(-c3nc(-c4ccccc4)nc(-n4c5ccccc5c5cc(-c6ccc7c(c6)c6ccccc6n7-c6ccccc6)ccc54)n3)c2)cc1. The minimum Gasteiger partial charge on any atom is -0.309 e. The molecule has 22 rings (SSSR count). The fourth-order valence-electron chi connectivity index (χ4n) is 16.8. The quantitative estimate of drug-likeness (QED) is 0.136. The van der Waals surface area contributed by atoms with Crippen LogP contribution in [0, 0.1) is 0 Å². The van der Waals surface area contributed by atoms with E-state index in [-0.39, 0.29) is 5.41 Å². The largest absolute Gasteiger partial charge is 0.309 e. The molecule has 1 aliphatic carbocycles. The van der Waals surface area contributed by atoms with Gasteiger partial charge in [-0.15, -0.1) is 11.3 Å². The zero-order valence-electron chi connectivity index (χ0n) is 59.6. The number of para-hydroxylation sites is 4. The molecule has 15 aromatic carbocycles. The first-order valence-electron chi connectivity index (χ1n) is 37.0. The van der Waals surface area contributed by atoms with Crippen molar-refractivity contribution in [2.24, 2.45) is 0 Å². The standard InChI is InChI=1S/C51H33N5.C49H33N3S/c1-4-15-34(16-5-1)36-19-14-20-39(31-36)50-52-49(35-17-6-2-7-18-35)53-51(54-50)56-46-26-13-11-24-42(46)44-33-38(28-30-48(44)56)37-27-29-47-43(32-37)41-23-10-12-25-45(41)55(47)40-21-8-3-9-22-40;1-49(2)41-18-6-3-13-35(41)36-23-21-31(29-42(36)49)30-11-9-12-33(27-30)43-25-26-50-48(51-43)52-44-19-7-4-14-37(44)40-28-32(22-24-45(40)52)34-16-10-17-39-38-15-5-8-20-46(38)53-47(34)39/h1-33H;3-29H,1-2H3. The van der Waals surface area contributed by atoms with Crippen molar-refractivity contribution in [3.05, 3.63) is 375 Å². The first-order valence-corrected chi connectivity index (χ1v) is 37.8. The van der Waals surface area contributed by atoms with Crippen LogP contribution in [0.4, 0.5) is 0 Å². The van der Waals surface area contributed by atoms with E-state index < -0.39 is 0 Å². The van der Waals surface area contributed by atoms with E-state index in [9.17, 15) is 0 Å². The maximum atomic E-state index is 5.23. The molecule has 0 bridgehead atoms. The Hall–Kier alpha value is -14.0. The van der Waals surface area contributed by atoms with Gasteiger partial charge in [-0.1, -0.05) is 275 Å². The fraction of sp³-hybridized carbons (Fsp3) is 0.0300. The smallest absolute Gasteiger partial charge is 0.238 e. The lowest BCUT2D eigenvalue weighted by Gasteiger charge is -2.22. The van der Waals surface area contributed by atoms with E-state index in [0.717, 1.165) is 77.6 Å². The highest BCUT2D eigenvalue weighted by Gasteiger charge is 2.35. The molecule has 0 radical (unpaired) electrons. The van der Waals surface area contributed by atoms with Crippen molar-refractivity contribution in [2.75, 3.05) is 0 Å². The highest BCUT2D eigenvalue weighted by atomic mass is 32.1. The van der Waals surface area contributed by atoms with Crippen LogP contribution >= 0.6 is 11.3 Å². The number of aromatic nitrogens is 8. The molecule has 21 aromatic rings. The summed E-state index contributed by atoms with van der Waals surface area (Å²) < 4.78 is 9.39. The van der Waals surface area contributed by atoms with Gasteiger partial charge in [-0.05, 0) is 164 Å². The molecule has 512 valence electrons. The molecule has 0 N–H and O–H groups in total. The van der Waals surface area contributed by atoms with Crippen LogP contribution in [0.25, 0.3) is 193 Å². The van der Waals surface area contributed by atoms with Crippen LogP contribution in [0.1, 0.15) is 25.0 Å². The molecule has 0 saturated carbocycles. The predicted molar refractivity (Wildman–Crippen MR) is 453 cm³/mol. The van der Waals surface area contributed by atoms with Crippen molar-refractivity contribution in [3.63, 3.8) is 0 Å². The van der Waals surface area contributed by atoms with Gasteiger partial charge in [0.2, 0.25) is 11.9 Å². The molecule has 8 nitrogen and oxygen atoms in total. The number of hydrogen-bond acceptors (Lipinski definition) is 6. The summed E-state index contributed by atoms with van der Waals surface area (Å²) in [4.78, 5) is 25.5.